The van der Waals surface area contributed by atoms with Crippen LogP contribution in [-0.4, -0.2) is 37.4 Å². The van der Waals surface area contributed by atoms with Crippen molar-refractivity contribution in [1.82, 2.24) is 4.90 Å². The van der Waals surface area contributed by atoms with Crippen molar-refractivity contribution in [2.75, 3.05) is 26.6 Å². The van der Waals surface area contributed by atoms with Crippen LogP contribution < -0.4 is 9.47 Å². The second kappa shape index (κ2) is 6.49. The number of methoxy groups -OCH3 is 2. The van der Waals surface area contributed by atoms with E-state index in [0.717, 1.165) is 5.56 Å². The van der Waals surface area contributed by atoms with E-state index < -0.39 is 0 Å². The summed E-state index contributed by atoms with van der Waals surface area (Å²) in [6, 6.07) is 5.62. The molecular weight excluding hydrogens is 286 g/mol. The molecule has 0 aliphatic heterocycles. The average molecular weight is 302 g/mol. The highest BCUT2D eigenvalue weighted by molar-refractivity contribution is 9.09. The van der Waals surface area contributed by atoms with Gasteiger partial charge in [-0.1, -0.05) is 28.1 Å². The van der Waals surface area contributed by atoms with Crippen molar-refractivity contribution in [3.8, 4) is 11.5 Å². The Balaban J connectivity index is 2.94. The molecule has 0 N–H and O–H groups in total. The Morgan fingerprint density at radius 1 is 1.35 bits per heavy atom. The summed E-state index contributed by atoms with van der Waals surface area (Å²) in [7, 11) is 4.94. The summed E-state index contributed by atoms with van der Waals surface area (Å²) in [5, 5.41) is 0.315. The highest BCUT2D eigenvalue weighted by atomic mass is 79.9. The average Bonchev–Trinajstić information content (AvgIpc) is 2.37. The fraction of sp³-hybridized carbons (Fsp3) is 0.417. The Labute approximate surface area is 110 Å². The Morgan fingerprint density at radius 3 is 2.59 bits per heavy atom. The zero-order valence-corrected chi connectivity index (χ0v) is 11.8. The van der Waals surface area contributed by atoms with Crippen LogP contribution >= 0.6 is 15.9 Å². The molecule has 0 aliphatic rings. The number of benzene rings is 1. The molecule has 1 aromatic rings. The van der Waals surface area contributed by atoms with Gasteiger partial charge in [0.25, 0.3) is 0 Å². The molecule has 1 rings (SSSR count). The van der Waals surface area contributed by atoms with Gasteiger partial charge >= 0.3 is 0 Å². The van der Waals surface area contributed by atoms with Gasteiger partial charge in [-0.2, -0.15) is 0 Å². The van der Waals surface area contributed by atoms with E-state index in [2.05, 4.69) is 15.9 Å². The number of halogens is 1. The lowest BCUT2D eigenvalue weighted by Gasteiger charge is -2.19. The smallest absolute Gasteiger partial charge is 0.233 e. The van der Waals surface area contributed by atoms with Crippen LogP contribution in [0.2, 0.25) is 0 Å². The van der Waals surface area contributed by atoms with Crippen LogP contribution in [0.5, 0.6) is 11.5 Å². The number of para-hydroxylation sites is 1. The lowest BCUT2D eigenvalue weighted by molar-refractivity contribution is -0.127. The van der Waals surface area contributed by atoms with Gasteiger partial charge in [0.2, 0.25) is 5.91 Å². The van der Waals surface area contributed by atoms with Crippen molar-refractivity contribution in [2.24, 2.45) is 0 Å². The van der Waals surface area contributed by atoms with Gasteiger partial charge in [0, 0.05) is 19.2 Å². The molecule has 0 bridgehead atoms. The maximum absolute atomic E-state index is 11.5. The summed E-state index contributed by atoms with van der Waals surface area (Å²) in [6.07, 6.45) is 0. The van der Waals surface area contributed by atoms with E-state index in [1.807, 2.05) is 18.2 Å². The van der Waals surface area contributed by atoms with Crippen LogP contribution in [0.15, 0.2) is 18.2 Å². The van der Waals surface area contributed by atoms with Crippen LogP contribution in [0, 0.1) is 0 Å². The number of alkyl halides is 1. The minimum absolute atomic E-state index is 0.0230. The first-order valence-corrected chi connectivity index (χ1v) is 6.26. The number of carbonyl (C=O) groups is 1. The minimum atomic E-state index is 0.0230. The molecule has 1 amide bonds. The van der Waals surface area contributed by atoms with Gasteiger partial charge < -0.3 is 14.4 Å². The van der Waals surface area contributed by atoms with Crippen molar-refractivity contribution in [3.05, 3.63) is 23.8 Å². The van der Waals surface area contributed by atoms with Crippen molar-refractivity contribution in [3.63, 3.8) is 0 Å². The van der Waals surface area contributed by atoms with Gasteiger partial charge in [-0.15, -0.1) is 0 Å². The molecule has 94 valence electrons. The standard InChI is InChI=1S/C12H16BrNO3/c1-14(11(15)7-13)8-9-5-4-6-10(16-2)12(9)17-3/h4-6H,7-8H2,1-3H3. The van der Waals surface area contributed by atoms with Gasteiger partial charge in [0.05, 0.1) is 19.5 Å². The summed E-state index contributed by atoms with van der Waals surface area (Å²) in [6.45, 7) is 0.491. The fourth-order valence-corrected chi connectivity index (χ4v) is 1.95. The quantitative estimate of drug-likeness (QED) is 0.782. The zero-order valence-electron chi connectivity index (χ0n) is 10.2. The first-order chi connectivity index (χ1) is 8.13. The molecule has 5 heteroatoms. The van der Waals surface area contributed by atoms with Crippen LogP contribution in [0.1, 0.15) is 5.56 Å². The van der Waals surface area contributed by atoms with E-state index in [4.69, 9.17) is 9.47 Å². The maximum Gasteiger partial charge on any atom is 0.233 e. The number of amides is 1. The number of rotatable bonds is 5. The highest BCUT2D eigenvalue weighted by Gasteiger charge is 2.13. The molecule has 0 heterocycles. The van der Waals surface area contributed by atoms with Gasteiger partial charge in [-0.25, -0.2) is 0 Å². The molecule has 0 aliphatic carbocycles. The van der Waals surface area contributed by atoms with Gasteiger partial charge in [0.1, 0.15) is 0 Å². The molecule has 1 aromatic carbocycles. The van der Waals surface area contributed by atoms with Crippen LogP contribution in [0.4, 0.5) is 0 Å². The summed E-state index contributed by atoms with van der Waals surface area (Å²) >= 11 is 3.15. The van der Waals surface area contributed by atoms with Crippen molar-refractivity contribution < 1.29 is 14.3 Å². The Bertz CT molecular complexity index is 395. The monoisotopic (exact) mass is 301 g/mol. The molecule has 17 heavy (non-hydrogen) atoms. The molecule has 0 atom stereocenters. The SMILES string of the molecule is COc1cccc(CN(C)C(=O)CBr)c1OC. The number of nitrogens with zero attached hydrogens (tertiary/aromatic N) is 1. The van der Waals surface area contributed by atoms with Crippen LogP contribution in [0.25, 0.3) is 0 Å². The number of hydrogen-bond donors (Lipinski definition) is 0. The molecule has 0 fully saturated rings. The van der Waals surface area contributed by atoms with Gasteiger partial charge in [0.15, 0.2) is 11.5 Å². The molecule has 0 spiro atoms. The lowest BCUT2D eigenvalue weighted by atomic mass is 10.1. The molecular formula is C12H16BrNO3. The van der Waals surface area contributed by atoms with Crippen molar-refractivity contribution in [1.29, 1.82) is 0 Å². The third kappa shape index (κ3) is 3.36. The predicted molar refractivity (Wildman–Crippen MR) is 69.8 cm³/mol. The number of carbonyl (C=O) groups excluding carboxylic acids is 1. The second-order valence-corrected chi connectivity index (χ2v) is 4.10. The predicted octanol–water partition coefficient (Wildman–Crippen LogP) is 2.06. The first-order valence-electron chi connectivity index (χ1n) is 5.13. The highest BCUT2D eigenvalue weighted by Crippen LogP contribution is 2.31. The topological polar surface area (TPSA) is 38.8 Å². The Morgan fingerprint density at radius 2 is 2.06 bits per heavy atom. The second-order valence-electron chi connectivity index (χ2n) is 3.54. The number of ether oxygens (including phenoxy) is 2. The largest absolute Gasteiger partial charge is 0.493 e. The van der Waals surface area contributed by atoms with E-state index in [1.54, 1.807) is 26.2 Å². The first kappa shape index (κ1) is 13.8. The Kier molecular flexibility index (Phi) is 5.28. The molecule has 0 aromatic heterocycles. The third-order valence-electron chi connectivity index (χ3n) is 2.43. The van der Waals surface area contributed by atoms with Crippen LogP contribution in [0.3, 0.4) is 0 Å². The van der Waals surface area contributed by atoms with Crippen molar-refractivity contribution >= 4 is 21.8 Å². The van der Waals surface area contributed by atoms with E-state index in [-0.39, 0.29) is 5.91 Å². The summed E-state index contributed by atoms with van der Waals surface area (Å²) in [5.74, 6) is 1.36. The molecule has 0 unspecified atom stereocenters. The molecule has 0 saturated carbocycles. The van der Waals surface area contributed by atoms with E-state index in [9.17, 15) is 4.79 Å². The van der Waals surface area contributed by atoms with E-state index >= 15 is 0 Å². The van der Waals surface area contributed by atoms with Crippen molar-refractivity contribution in [2.45, 2.75) is 6.54 Å². The minimum Gasteiger partial charge on any atom is -0.493 e. The fourth-order valence-electron chi connectivity index (χ4n) is 1.52. The normalized spacial score (nSPS) is 9.88. The third-order valence-corrected chi connectivity index (χ3v) is 2.91. The molecule has 0 saturated heterocycles. The van der Waals surface area contributed by atoms with Gasteiger partial charge in [-0.05, 0) is 6.07 Å². The lowest BCUT2D eigenvalue weighted by Crippen LogP contribution is -2.27. The Hall–Kier alpha value is -1.23. The van der Waals surface area contributed by atoms with Gasteiger partial charge in [-0.3, -0.25) is 4.79 Å². The summed E-state index contributed by atoms with van der Waals surface area (Å²) < 4.78 is 10.5. The zero-order chi connectivity index (χ0) is 12.8. The van der Waals surface area contributed by atoms with E-state index in [1.165, 1.54) is 0 Å². The molecule has 0 radical (unpaired) electrons. The summed E-state index contributed by atoms with van der Waals surface area (Å²) in [5.41, 5.74) is 0.920. The molecule has 4 nitrogen and oxygen atoms in total. The number of hydrogen-bond acceptors (Lipinski definition) is 3. The van der Waals surface area contributed by atoms with Crippen LogP contribution in [-0.2, 0) is 11.3 Å². The van der Waals surface area contributed by atoms with E-state index in [0.29, 0.717) is 23.4 Å². The maximum atomic E-state index is 11.5. The summed E-state index contributed by atoms with van der Waals surface area (Å²) in [4.78, 5) is 13.1.